The molecule has 24 heavy (non-hydrogen) atoms. The van der Waals surface area contributed by atoms with Crippen LogP contribution in [0, 0.1) is 5.92 Å². The standard InChI is InChI=1S/C19H33N3O2/c1-14(2)7-8-15(3)22-19(20-4)21-12-11-16-9-10-17(23-5)18(13-16)24-6/h9-10,13-15H,7-8,11-12H2,1-6H3,(H2,20,21,22). The number of hydrogen-bond acceptors (Lipinski definition) is 3. The summed E-state index contributed by atoms with van der Waals surface area (Å²) in [5, 5.41) is 6.81. The number of nitrogens with zero attached hydrogens (tertiary/aromatic N) is 1. The maximum absolute atomic E-state index is 5.34. The second-order valence-electron chi connectivity index (χ2n) is 6.45. The van der Waals surface area contributed by atoms with E-state index in [1.54, 1.807) is 21.3 Å². The smallest absolute Gasteiger partial charge is 0.191 e. The molecule has 0 amide bonds. The predicted molar refractivity (Wildman–Crippen MR) is 101 cm³/mol. The lowest BCUT2D eigenvalue weighted by molar-refractivity contribution is 0.354. The highest BCUT2D eigenvalue weighted by atomic mass is 16.5. The van der Waals surface area contributed by atoms with Crippen molar-refractivity contribution in [2.45, 2.75) is 46.1 Å². The van der Waals surface area contributed by atoms with Crippen LogP contribution in [-0.2, 0) is 6.42 Å². The van der Waals surface area contributed by atoms with E-state index in [2.05, 4.69) is 42.5 Å². The fraction of sp³-hybridized carbons (Fsp3) is 0.632. The van der Waals surface area contributed by atoms with Crippen molar-refractivity contribution in [1.82, 2.24) is 10.6 Å². The highest BCUT2D eigenvalue weighted by Gasteiger charge is 2.07. The molecule has 0 saturated carbocycles. The van der Waals surface area contributed by atoms with Crippen molar-refractivity contribution in [1.29, 1.82) is 0 Å². The lowest BCUT2D eigenvalue weighted by Gasteiger charge is -2.19. The number of rotatable bonds is 9. The van der Waals surface area contributed by atoms with Crippen LogP contribution in [0.2, 0.25) is 0 Å². The van der Waals surface area contributed by atoms with Gasteiger partial charge in [0, 0.05) is 19.6 Å². The Kier molecular flexibility index (Phi) is 9.05. The first-order chi connectivity index (χ1) is 11.5. The fourth-order valence-corrected chi connectivity index (χ4v) is 2.44. The molecule has 1 aromatic carbocycles. The van der Waals surface area contributed by atoms with Crippen LogP contribution < -0.4 is 20.1 Å². The number of guanidine groups is 1. The number of benzene rings is 1. The summed E-state index contributed by atoms with van der Waals surface area (Å²) in [6, 6.07) is 6.43. The Bertz CT molecular complexity index is 515. The summed E-state index contributed by atoms with van der Waals surface area (Å²) < 4.78 is 10.6. The van der Waals surface area contributed by atoms with Crippen molar-refractivity contribution in [2.75, 3.05) is 27.8 Å². The highest BCUT2D eigenvalue weighted by Crippen LogP contribution is 2.27. The number of nitrogens with one attached hydrogen (secondary N) is 2. The topological polar surface area (TPSA) is 54.9 Å². The van der Waals surface area contributed by atoms with Crippen LogP contribution in [0.5, 0.6) is 11.5 Å². The zero-order chi connectivity index (χ0) is 17.9. The lowest BCUT2D eigenvalue weighted by atomic mass is 10.0. The van der Waals surface area contributed by atoms with Crippen molar-refractivity contribution in [2.24, 2.45) is 10.9 Å². The molecule has 2 N–H and O–H groups in total. The third kappa shape index (κ3) is 7.11. The molecule has 5 nitrogen and oxygen atoms in total. The Morgan fingerprint density at radius 2 is 1.79 bits per heavy atom. The Balaban J connectivity index is 2.44. The molecule has 0 radical (unpaired) electrons. The summed E-state index contributed by atoms with van der Waals surface area (Å²) in [6.45, 7) is 7.52. The van der Waals surface area contributed by atoms with E-state index in [0.717, 1.165) is 42.8 Å². The molecule has 0 aromatic heterocycles. The Morgan fingerprint density at radius 3 is 2.38 bits per heavy atom. The molecular formula is C19H33N3O2. The van der Waals surface area contributed by atoms with E-state index in [1.165, 1.54) is 12.0 Å². The van der Waals surface area contributed by atoms with Gasteiger partial charge in [-0.2, -0.15) is 0 Å². The molecule has 1 unspecified atom stereocenters. The van der Waals surface area contributed by atoms with Crippen molar-refractivity contribution in [3.63, 3.8) is 0 Å². The third-order valence-electron chi connectivity index (χ3n) is 3.94. The molecule has 1 atom stereocenters. The SMILES string of the molecule is CN=C(NCCc1ccc(OC)c(OC)c1)NC(C)CCC(C)C. The second kappa shape index (κ2) is 10.8. The van der Waals surface area contributed by atoms with E-state index in [0.29, 0.717) is 6.04 Å². The van der Waals surface area contributed by atoms with E-state index >= 15 is 0 Å². The van der Waals surface area contributed by atoms with Crippen LogP contribution in [0.15, 0.2) is 23.2 Å². The van der Waals surface area contributed by atoms with Gasteiger partial charge in [-0.15, -0.1) is 0 Å². The largest absolute Gasteiger partial charge is 0.493 e. The first kappa shape index (κ1) is 20.1. The molecule has 136 valence electrons. The summed E-state index contributed by atoms with van der Waals surface area (Å²) in [5.74, 6) is 3.10. The van der Waals surface area contributed by atoms with Crippen LogP contribution in [0.3, 0.4) is 0 Å². The van der Waals surface area contributed by atoms with Gasteiger partial charge in [0.15, 0.2) is 17.5 Å². The molecule has 0 aliphatic rings. The molecule has 0 saturated heterocycles. The predicted octanol–water partition coefficient (Wildman–Crippen LogP) is 3.24. The summed E-state index contributed by atoms with van der Waals surface area (Å²) in [6.07, 6.45) is 3.26. The summed E-state index contributed by atoms with van der Waals surface area (Å²) in [5.41, 5.74) is 1.20. The number of aliphatic imine (C=N–C) groups is 1. The van der Waals surface area contributed by atoms with Gasteiger partial charge in [0.05, 0.1) is 14.2 Å². The monoisotopic (exact) mass is 335 g/mol. The maximum Gasteiger partial charge on any atom is 0.191 e. The summed E-state index contributed by atoms with van der Waals surface area (Å²) >= 11 is 0. The molecule has 0 heterocycles. The van der Waals surface area contributed by atoms with E-state index in [9.17, 15) is 0 Å². The zero-order valence-corrected chi connectivity index (χ0v) is 16.0. The minimum Gasteiger partial charge on any atom is -0.493 e. The van der Waals surface area contributed by atoms with Gasteiger partial charge in [-0.1, -0.05) is 19.9 Å². The van der Waals surface area contributed by atoms with Gasteiger partial charge in [-0.25, -0.2) is 0 Å². The lowest BCUT2D eigenvalue weighted by Crippen LogP contribution is -2.43. The van der Waals surface area contributed by atoms with Crippen molar-refractivity contribution < 1.29 is 9.47 Å². The van der Waals surface area contributed by atoms with Crippen LogP contribution in [0.4, 0.5) is 0 Å². The molecule has 0 fully saturated rings. The molecular weight excluding hydrogens is 302 g/mol. The quantitative estimate of drug-likeness (QED) is 0.537. The van der Waals surface area contributed by atoms with Crippen molar-refractivity contribution in [3.8, 4) is 11.5 Å². The van der Waals surface area contributed by atoms with E-state index < -0.39 is 0 Å². The number of methoxy groups -OCH3 is 2. The van der Waals surface area contributed by atoms with Gasteiger partial charge in [0.25, 0.3) is 0 Å². The van der Waals surface area contributed by atoms with Crippen molar-refractivity contribution in [3.05, 3.63) is 23.8 Å². The van der Waals surface area contributed by atoms with E-state index in [4.69, 9.17) is 9.47 Å². The van der Waals surface area contributed by atoms with Gasteiger partial charge in [0.2, 0.25) is 0 Å². The van der Waals surface area contributed by atoms with E-state index in [1.807, 2.05) is 12.1 Å². The van der Waals surface area contributed by atoms with Crippen LogP contribution >= 0.6 is 0 Å². The van der Waals surface area contributed by atoms with Gasteiger partial charge in [-0.3, -0.25) is 4.99 Å². The highest BCUT2D eigenvalue weighted by molar-refractivity contribution is 5.79. The minimum absolute atomic E-state index is 0.416. The molecule has 1 rings (SSSR count). The molecule has 0 aliphatic heterocycles. The number of ether oxygens (including phenoxy) is 2. The molecule has 5 heteroatoms. The Hall–Kier alpha value is -1.91. The molecule has 0 spiro atoms. The second-order valence-corrected chi connectivity index (χ2v) is 6.45. The van der Waals surface area contributed by atoms with Gasteiger partial charge < -0.3 is 20.1 Å². The van der Waals surface area contributed by atoms with Crippen LogP contribution in [0.1, 0.15) is 39.2 Å². The molecule has 0 bridgehead atoms. The minimum atomic E-state index is 0.416. The Labute approximate surface area is 146 Å². The van der Waals surface area contributed by atoms with Crippen LogP contribution in [-0.4, -0.2) is 39.8 Å². The Morgan fingerprint density at radius 1 is 1.08 bits per heavy atom. The average molecular weight is 335 g/mol. The first-order valence-electron chi connectivity index (χ1n) is 8.68. The van der Waals surface area contributed by atoms with Gasteiger partial charge in [0.1, 0.15) is 0 Å². The molecule has 0 aliphatic carbocycles. The third-order valence-corrected chi connectivity index (χ3v) is 3.94. The molecule has 1 aromatic rings. The van der Waals surface area contributed by atoms with Gasteiger partial charge >= 0.3 is 0 Å². The normalized spacial score (nSPS) is 12.9. The number of hydrogen-bond donors (Lipinski definition) is 2. The van der Waals surface area contributed by atoms with Crippen LogP contribution in [0.25, 0.3) is 0 Å². The fourth-order valence-electron chi connectivity index (χ4n) is 2.44. The summed E-state index contributed by atoms with van der Waals surface area (Å²) in [4.78, 5) is 4.30. The van der Waals surface area contributed by atoms with Crippen molar-refractivity contribution >= 4 is 5.96 Å². The average Bonchev–Trinajstić information content (AvgIpc) is 2.58. The maximum atomic E-state index is 5.34. The first-order valence-corrected chi connectivity index (χ1v) is 8.68. The summed E-state index contributed by atoms with van der Waals surface area (Å²) in [7, 11) is 5.11. The van der Waals surface area contributed by atoms with Gasteiger partial charge in [-0.05, 0) is 49.8 Å². The van der Waals surface area contributed by atoms with E-state index in [-0.39, 0.29) is 0 Å². The zero-order valence-electron chi connectivity index (χ0n) is 16.0.